The van der Waals surface area contributed by atoms with Crippen molar-refractivity contribution >= 4 is 22.0 Å². The van der Waals surface area contributed by atoms with Crippen molar-refractivity contribution in [2.45, 2.75) is 79.0 Å². The summed E-state index contributed by atoms with van der Waals surface area (Å²) in [6.07, 6.45) is 11.1. The van der Waals surface area contributed by atoms with Gasteiger partial charge in [0.1, 0.15) is 0 Å². The Hall–Kier alpha value is -0.481. The van der Waals surface area contributed by atoms with Crippen LogP contribution in [0.1, 0.15) is 71.3 Å². The number of aliphatic hydroxyl groups excluding tert-OH is 1. The minimum atomic E-state index is -2.51. The Labute approximate surface area is 165 Å². The Morgan fingerprint density at radius 1 is 0.923 bits per heavy atom. The molecule has 1 rings (SSSR count). The molecular formula is C23H40O2Sn. The average Bonchev–Trinajstić information content (AvgIpc) is 2.69. The van der Waals surface area contributed by atoms with Gasteiger partial charge in [0.25, 0.3) is 0 Å². The summed E-state index contributed by atoms with van der Waals surface area (Å²) in [5, 5.41) is 9.50. The number of rotatable bonds is 14. The number of unbranched alkanes of at least 4 members (excludes halogenated alkanes) is 3. The SMILES string of the molecule is CCC[CH2][Sn]([CH2]CCC)([CH2]CCC)/[C](=C/CCO)c1ccc(OC)cc1. The predicted molar refractivity (Wildman–Crippen MR) is 118 cm³/mol. The summed E-state index contributed by atoms with van der Waals surface area (Å²) in [5.41, 5.74) is 1.39. The molecule has 26 heavy (non-hydrogen) atoms. The average molecular weight is 467 g/mol. The van der Waals surface area contributed by atoms with Gasteiger partial charge in [0.2, 0.25) is 0 Å². The van der Waals surface area contributed by atoms with Crippen molar-refractivity contribution in [1.82, 2.24) is 0 Å². The zero-order valence-corrected chi connectivity index (χ0v) is 20.4. The zero-order chi connectivity index (χ0) is 19.3. The van der Waals surface area contributed by atoms with E-state index >= 15 is 0 Å². The van der Waals surface area contributed by atoms with E-state index in [0.717, 1.165) is 12.2 Å². The summed E-state index contributed by atoms with van der Waals surface area (Å²) in [6, 6.07) is 8.69. The van der Waals surface area contributed by atoms with Crippen LogP contribution in [0.4, 0.5) is 0 Å². The molecule has 1 N–H and O–H groups in total. The Morgan fingerprint density at radius 3 is 1.81 bits per heavy atom. The van der Waals surface area contributed by atoms with Crippen molar-refractivity contribution in [2.75, 3.05) is 13.7 Å². The molecule has 0 aliphatic carbocycles. The van der Waals surface area contributed by atoms with Crippen LogP contribution in [-0.4, -0.2) is 37.2 Å². The quantitative estimate of drug-likeness (QED) is 0.304. The zero-order valence-electron chi connectivity index (χ0n) is 17.5. The molecule has 0 amide bonds. The maximum absolute atomic E-state index is 9.50. The summed E-state index contributed by atoms with van der Waals surface area (Å²) in [6.45, 7) is 7.21. The molecule has 0 spiro atoms. The van der Waals surface area contributed by atoms with E-state index in [9.17, 15) is 5.11 Å². The molecule has 3 heteroatoms. The standard InChI is InChI=1S/C11H13O2.3C4H9.Sn/c1-13-11-7-5-10(6-8-11)4-2-3-9-12;3*1-3-4-2;/h2,5-8,12H,3,9H2,1H3;3*1,3-4H2,2H3;. The van der Waals surface area contributed by atoms with E-state index in [1.165, 1.54) is 57.4 Å². The van der Waals surface area contributed by atoms with E-state index in [1.54, 1.807) is 10.7 Å². The number of benzene rings is 1. The second kappa shape index (κ2) is 13.7. The van der Waals surface area contributed by atoms with E-state index in [0.29, 0.717) is 0 Å². The first-order valence-corrected chi connectivity index (χ1v) is 18.1. The molecule has 0 heterocycles. The van der Waals surface area contributed by atoms with E-state index in [2.05, 4.69) is 51.1 Å². The molecule has 0 radical (unpaired) electrons. The van der Waals surface area contributed by atoms with Gasteiger partial charge in [0, 0.05) is 0 Å². The Kier molecular flexibility index (Phi) is 12.4. The molecule has 0 unspecified atom stereocenters. The van der Waals surface area contributed by atoms with Gasteiger partial charge in [0.15, 0.2) is 0 Å². The molecular weight excluding hydrogens is 427 g/mol. The fourth-order valence-electron chi connectivity index (χ4n) is 3.94. The van der Waals surface area contributed by atoms with Gasteiger partial charge >= 0.3 is 166 Å². The van der Waals surface area contributed by atoms with Crippen LogP contribution in [0.5, 0.6) is 5.75 Å². The Balaban J connectivity index is 3.34. The molecule has 0 aromatic heterocycles. The summed E-state index contributed by atoms with van der Waals surface area (Å²) in [4.78, 5) is 0. The normalized spacial score (nSPS) is 12.4. The molecule has 0 atom stereocenters. The molecule has 148 valence electrons. The molecule has 0 bridgehead atoms. The third-order valence-electron chi connectivity index (χ3n) is 5.48. The second-order valence-electron chi connectivity index (χ2n) is 7.45. The third-order valence-corrected chi connectivity index (χ3v) is 21.4. The molecule has 0 fully saturated rings. The molecule has 0 aliphatic heterocycles. The van der Waals surface area contributed by atoms with Gasteiger partial charge < -0.3 is 0 Å². The van der Waals surface area contributed by atoms with Gasteiger partial charge in [-0.2, -0.15) is 0 Å². The number of methoxy groups -OCH3 is 1. The number of hydrogen-bond acceptors (Lipinski definition) is 2. The van der Waals surface area contributed by atoms with Crippen molar-refractivity contribution in [3.63, 3.8) is 0 Å². The van der Waals surface area contributed by atoms with Crippen LogP contribution in [0.15, 0.2) is 30.3 Å². The van der Waals surface area contributed by atoms with Crippen LogP contribution in [-0.2, 0) is 0 Å². The van der Waals surface area contributed by atoms with Gasteiger partial charge in [-0.3, -0.25) is 0 Å². The summed E-state index contributed by atoms with van der Waals surface area (Å²) < 4.78 is 11.4. The first kappa shape index (κ1) is 23.6. The molecule has 0 saturated carbocycles. The van der Waals surface area contributed by atoms with Crippen LogP contribution in [0, 0.1) is 0 Å². The van der Waals surface area contributed by atoms with Crippen molar-refractivity contribution in [3.8, 4) is 5.75 Å². The maximum atomic E-state index is 9.50. The van der Waals surface area contributed by atoms with Crippen LogP contribution in [0.3, 0.4) is 0 Å². The van der Waals surface area contributed by atoms with Crippen molar-refractivity contribution in [3.05, 3.63) is 35.9 Å². The summed E-state index contributed by atoms with van der Waals surface area (Å²) >= 11 is -2.51. The number of ether oxygens (including phenoxy) is 1. The topological polar surface area (TPSA) is 29.5 Å². The van der Waals surface area contributed by atoms with Gasteiger partial charge in [-0.1, -0.05) is 0 Å². The van der Waals surface area contributed by atoms with Crippen LogP contribution >= 0.6 is 0 Å². The monoisotopic (exact) mass is 468 g/mol. The number of aliphatic hydroxyl groups is 1. The van der Waals surface area contributed by atoms with Crippen LogP contribution in [0.25, 0.3) is 3.59 Å². The van der Waals surface area contributed by atoms with E-state index in [4.69, 9.17) is 4.74 Å². The first-order valence-electron chi connectivity index (χ1n) is 10.6. The fourth-order valence-corrected chi connectivity index (χ4v) is 21.1. The van der Waals surface area contributed by atoms with E-state index in [1.807, 2.05) is 0 Å². The third kappa shape index (κ3) is 7.26. The Bertz CT molecular complexity index is 486. The van der Waals surface area contributed by atoms with Crippen LogP contribution < -0.4 is 4.74 Å². The van der Waals surface area contributed by atoms with Crippen molar-refractivity contribution in [2.24, 2.45) is 0 Å². The first-order chi connectivity index (χ1) is 12.7. The molecule has 2 nitrogen and oxygen atoms in total. The fraction of sp³-hybridized carbons (Fsp3) is 0.652. The molecule has 1 aromatic carbocycles. The minimum absolute atomic E-state index is 0.247. The van der Waals surface area contributed by atoms with Gasteiger partial charge in [0.05, 0.1) is 0 Å². The number of hydrogen-bond donors (Lipinski definition) is 1. The Morgan fingerprint density at radius 2 is 1.42 bits per heavy atom. The van der Waals surface area contributed by atoms with E-state index < -0.39 is 18.4 Å². The molecule has 0 aliphatic rings. The molecule has 0 saturated heterocycles. The van der Waals surface area contributed by atoms with Crippen LogP contribution in [0.2, 0.25) is 13.3 Å². The van der Waals surface area contributed by atoms with Crippen molar-refractivity contribution in [1.29, 1.82) is 0 Å². The summed E-state index contributed by atoms with van der Waals surface area (Å²) in [7, 11) is 1.73. The van der Waals surface area contributed by atoms with Crippen molar-refractivity contribution < 1.29 is 9.84 Å². The van der Waals surface area contributed by atoms with E-state index in [-0.39, 0.29) is 6.61 Å². The summed E-state index contributed by atoms with van der Waals surface area (Å²) in [5.74, 6) is 0.923. The van der Waals surface area contributed by atoms with Gasteiger partial charge in [-0.25, -0.2) is 0 Å². The van der Waals surface area contributed by atoms with Gasteiger partial charge in [-0.15, -0.1) is 0 Å². The van der Waals surface area contributed by atoms with Gasteiger partial charge in [-0.05, 0) is 0 Å². The second-order valence-corrected chi connectivity index (χ2v) is 20.6. The predicted octanol–water partition coefficient (Wildman–Crippen LogP) is 6.85. The molecule has 1 aromatic rings.